The third kappa shape index (κ3) is 5.84. The minimum atomic E-state index is -0.604. The first kappa shape index (κ1) is 22.8. The highest BCUT2D eigenvalue weighted by atomic mass is 16.5. The van der Waals surface area contributed by atoms with Crippen molar-refractivity contribution in [2.75, 3.05) is 7.11 Å². The molecule has 166 valence electrons. The predicted molar refractivity (Wildman–Crippen MR) is 114 cm³/mol. The number of furan rings is 1. The molecule has 0 amide bonds. The van der Waals surface area contributed by atoms with Gasteiger partial charge in [-0.15, -0.1) is 0 Å². The monoisotopic (exact) mass is 418 g/mol. The lowest BCUT2D eigenvalue weighted by Crippen LogP contribution is -2.23. The maximum absolute atomic E-state index is 11.1. The summed E-state index contributed by atoms with van der Waals surface area (Å²) in [5, 5.41) is 32.5. The fourth-order valence-electron chi connectivity index (χ4n) is 4.80. The van der Waals surface area contributed by atoms with Gasteiger partial charge in [0, 0.05) is 11.8 Å². The van der Waals surface area contributed by atoms with E-state index in [0.717, 1.165) is 48.6 Å². The van der Waals surface area contributed by atoms with Crippen molar-refractivity contribution >= 4 is 16.9 Å². The molecule has 5 unspecified atom stereocenters. The SMILES string of the molecule is COC(=O)CCCCCCC1C(O)CC(O)C1CCC(O)c1ccc2occc2c1. The summed E-state index contributed by atoms with van der Waals surface area (Å²) < 4.78 is 10.00. The van der Waals surface area contributed by atoms with Crippen molar-refractivity contribution in [3.05, 3.63) is 36.1 Å². The van der Waals surface area contributed by atoms with Crippen molar-refractivity contribution in [2.45, 2.75) is 76.1 Å². The molecule has 3 rings (SSSR count). The summed E-state index contributed by atoms with van der Waals surface area (Å²) in [6.45, 7) is 0. The lowest BCUT2D eigenvalue weighted by atomic mass is 9.84. The van der Waals surface area contributed by atoms with E-state index in [1.165, 1.54) is 7.11 Å². The Morgan fingerprint density at radius 3 is 2.60 bits per heavy atom. The van der Waals surface area contributed by atoms with Crippen LogP contribution in [0.5, 0.6) is 0 Å². The molecule has 1 aliphatic carbocycles. The molecule has 0 saturated heterocycles. The Bertz CT molecular complexity index is 800. The Kier molecular flexibility index (Phi) is 8.31. The average molecular weight is 419 g/mol. The van der Waals surface area contributed by atoms with Crippen molar-refractivity contribution in [3.63, 3.8) is 0 Å². The lowest BCUT2D eigenvalue weighted by Gasteiger charge is -2.24. The van der Waals surface area contributed by atoms with Gasteiger partial charge in [-0.3, -0.25) is 4.79 Å². The van der Waals surface area contributed by atoms with Gasteiger partial charge in [-0.05, 0) is 67.7 Å². The lowest BCUT2D eigenvalue weighted by molar-refractivity contribution is -0.140. The molecule has 0 radical (unpaired) electrons. The van der Waals surface area contributed by atoms with E-state index in [0.29, 0.717) is 25.7 Å². The van der Waals surface area contributed by atoms with Crippen LogP contribution in [0, 0.1) is 11.8 Å². The molecule has 6 nitrogen and oxygen atoms in total. The van der Waals surface area contributed by atoms with Gasteiger partial charge >= 0.3 is 5.97 Å². The van der Waals surface area contributed by atoms with Crippen LogP contribution in [0.15, 0.2) is 34.9 Å². The topological polar surface area (TPSA) is 100 Å². The number of methoxy groups -OCH3 is 1. The maximum atomic E-state index is 11.1. The summed E-state index contributed by atoms with van der Waals surface area (Å²) >= 11 is 0. The van der Waals surface area contributed by atoms with E-state index in [2.05, 4.69) is 4.74 Å². The van der Waals surface area contributed by atoms with E-state index in [9.17, 15) is 20.1 Å². The Morgan fingerprint density at radius 2 is 1.83 bits per heavy atom. The summed E-state index contributed by atoms with van der Waals surface area (Å²) in [5.74, 6) is -0.110. The zero-order chi connectivity index (χ0) is 21.5. The Morgan fingerprint density at radius 1 is 1.10 bits per heavy atom. The van der Waals surface area contributed by atoms with Gasteiger partial charge in [0.2, 0.25) is 0 Å². The molecule has 0 spiro atoms. The highest BCUT2D eigenvalue weighted by Gasteiger charge is 2.40. The smallest absolute Gasteiger partial charge is 0.305 e. The molecule has 2 aromatic rings. The summed E-state index contributed by atoms with van der Waals surface area (Å²) in [5.41, 5.74) is 1.64. The minimum Gasteiger partial charge on any atom is -0.469 e. The highest BCUT2D eigenvalue weighted by molar-refractivity contribution is 5.77. The van der Waals surface area contributed by atoms with Crippen molar-refractivity contribution in [3.8, 4) is 0 Å². The van der Waals surface area contributed by atoms with Crippen LogP contribution >= 0.6 is 0 Å². The molecule has 5 atom stereocenters. The number of esters is 1. The molecular formula is C24H34O6. The summed E-state index contributed by atoms with van der Waals surface area (Å²) in [7, 11) is 1.40. The Hall–Kier alpha value is -1.89. The second-order valence-corrected chi connectivity index (χ2v) is 8.54. The van der Waals surface area contributed by atoms with Crippen LogP contribution in [0.25, 0.3) is 11.0 Å². The first-order valence-corrected chi connectivity index (χ1v) is 11.1. The molecular weight excluding hydrogens is 384 g/mol. The largest absolute Gasteiger partial charge is 0.469 e. The molecule has 1 heterocycles. The molecule has 3 N–H and O–H groups in total. The number of unbranched alkanes of at least 4 members (excludes halogenated alkanes) is 3. The van der Waals surface area contributed by atoms with Gasteiger partial charge < -0.3 is 24.5 Å². The first-order valence-electron chi connectivity index (χ1n) is 11.1. The van der Waals surface area contributed by atoms with Gasteiger partial charge in [0.05, 0.1) is 31.7 Å². The van der Waals surface area contributed by atoms with Crippen LogP contribution in [-0.2, 0) is 9.53 Å². The van der Waals surface area contributed by atoms with Gasteiger partial charge in [0.25, 0.3) is 0 Å². The van der Waals surface area contributed by atoms with E-state index in [-0.39, 0.29) is 17.8 Å². The fraction of sp³-hybridized carbons (Fsp3) is 0.625. The molecule has 30 heavy (non-hydrogen) atoms. The van der Waals surface area contributed by atoms with Gasteiger partial charge in [-0.2, -0.15) is 0 Å². The highest BCUT2D eigenvalue weighted by Crippen LogP contribution is 2.40. The van der Waals surface area contributed by atoms with E-state index in [1.54, 1.807) is 6.26 Å². The van der Waals surface area contributed by atoms with Crippen molar-refractivity contribution in [2.24, 2.45) is 11.8 Å². The van der Waals surface area contributed by atoms with E-state index < -0.39 is 18.3 Å². The van der Waals surface area contributed by atoms with E-state index in [4.69, 9.17) is 4.42 Å². The van der Waals surface area contributed by atoms with Gasteiger partial charge in [-0.25, -0.2) is 0 Å². The predicted octanol–water partition coefficient (Wildman–Crippen LogP) is 4.12. The quantitative estimate of drug-likeness (QED) is 0.375. The summed E-state index contributed by atoms with van der Waals surface area (Å²) in [6.07, 6.45) is 6.71. The van der Waals surface area contributed by atoms with Crippen LogP contribution in [0.4, 0.5) is 0 Å². The number of hydrogen-bond acceptors (Lipinski definition) is 6. The maximum Gasteiger partial charge on any atom is 0.305 e. The Balaban J connectivity index is 1.46. The number of rotatable bonds is 11. The number of benzene rings is 1. The zero-order valence-electron chi connectivity index (χ0n) is 17.7. The first-order chi connectivity index (χ1) is 14.5. The standard InChI is InChI=1S/C24H34O6/c1-29-24(28)7-5-3-2-4-6-18-19(22(27)15-21(18)26)9-10-20(25)16-8-11-23-17(14-16)12-13-30-23/h8,11-14,18-22,25-27H,2-7,9-10,15H2,1H3. The average Bonchev–Trinajstić information content (AvgIpc) is 3.31. The van der Waals surface area contributed by atoms with Crippen LogP contribution in [0.1, 0.15) is 69.5 Å². The fourth-order valence-corrected chi connectivity index (χ4v) is 4.80. The number of fused-ring (bicyclic) bond motifs is 1. The minimum absolute atomic E-state index is 0.00220. The van der Waals surface area contributed by atoms with Gasteiger partial charge in [0.1, 0.15) is 5.58 Å². The van der Waals surface area contributed by atoms with Crippen LogP contribution in [0.3, 0.4) is 0 Å². The second-order valence-electron chi connectivity index (χ2n) is 8.54. The summed E-state index contributed by atoms with van der Waals surface area (Å²) in [6, 6.07) is 7.56. The van der Waals surface area contributed by atoms with Crippen molar-refractivity contribution in [1.29, 1.82) is 0 Å². The molecule has 1 saturated carbocycles. The molecule has 1 aliphatic rings. The second kappa shape index (κ2) is 10.9. The number of ether oxygens (including phenoxy) is 1. The van der Waals surface area contributed by atoms with E-state index >= 15 is 0 Å². The number of aliphatic hydroxyl groups excluding tert-OH is 3. The van der Waals surface area contributed by atoms with Gasteiger partial charge in [-0.1, -0.05) is 25.3 Å². The number of aliphatic hydroxyl groups is 3. The van der Waals surface area contributed by atoms with Crippen molar-refractivity contribution in [1.82, 2.24) is 0 Å². The number of carbonyl (C=O) groups is 1. The number of carbonyl (C=O) groups excluding carboxylic acids is 1. The molecule has 0 bridgehead atoms. The molecule has 0 aliphatic heterocycles. The van der Waals surface area contributed by atoms with Crippen molar-refractivity contribution < 1.29 is 29.3 Å². The van der Waals surface area contributed by atoms with Crippen LogP contribution < -0.4 is 0 Å². The zero-order valence-corrected chi connectivity index (χ0v) is 17.7. The summed E-state index contributed by atoms with van der Waals surface area (Å²) in [4.78, 5) is 11.1. The third-order valence-electron chi connectivity index (χ3n) is 6.55. The number of hydrogen-bond donors (Lipinski definition) is 3. The van der Waals surface area contributed by atoms with E-state index in [1.807, 2.05) is 24.3 Å². The molecule has 1 fully saturated rings. The third-order valence-corrected chi connectivity index (χ3v) is 6.55. The van der Waals surface area contributed by atoms with Crippen LogP contribution in [0.2, 0.25) is 0 Å². The van der Waals surface area contributed by atoms with Crippen LogP contribution in [-0.4, -0.2) is 40.6 Å². The van der Waals surface area contributed by atoms with Gasteiger partial charge in [0.15, 0.2) is 0 Å². The molecule has 6 heteroatoms. The normalized spacial score (nSPS) is 24.9. The Labute approximate surface area is 177 Å². The molecule has 1 aromatic carbocycles. The molecule has 1 aromatic heterocycles.